The van der Waals surface area contributed by atoms with Crippen molar-refractivity contribution in [2.75, 3.05) is 0 Å². The van der Waals surface area contributed by atoms with E-state index in [1.807, 2.05) is 42.6 Å². The van der Waals surface area contributed by atoms with Crippen molar-refractivity contribution >= 4 is 50.2 Å². The van der Waals surface area contributed by atoms with Crippen LogP contribution in [0.2, 0.25) is 0 Å². The lowest BCUT2D eigenvalue weighted by atomic mass is 9.82. The van der Waals surface area contributed by atoms with Gasteiger partial charge in [-0.05, 0) is 82.9 Å². The van der Waals surface area contributed by atoms with Gasteiger partial charge in [-0.25, -0.2) is 9.98 Å². The van der Waals surface area contributed by atoms with Gasteiger partial charge in [0.15, 0.2) is 11.7 Å². The second kappa shape index (κ2) is 13.8. The molecule has 1 aliphatic carbocycles. The molecule has 1 N–H and O–H groups in total. The van der Waals surface area contributed by atoms with E-state index in [1.54, 1.807) is 0 Å². The maximum Gasteiger partial charge on any atom is 0.162 e. The molecule has 0 heterocycles. The topological polar surface area (TPSA) is 48.6 Å². The minimum absolute atomic E-state index is 0.139. The number of benzene rings is 9. The molecule has 0 saturated carbocycles. The van der Waals surface area contributed by atoms with E-state index in [0.29, 0.717) is 5.84 Å². The van der Waals surface area contributed by atoms with Gasteiger partial charge in [-0.15, -0.1) is 0 Å². The van der Waals surface area contributed by atoms with Crippen LogP contribution in [0.15, 0.2) is 198 Å². The van der Waals surface area contributed by atoms with Crippen molar-refractivity contribution in [2.24, 2.45) is 9.98 Å². The summed E-state index contributed by atoms with van der Waals surface area (Å²) in [4.78, 5) is 10.4. The van der Waals surface area contributed by atoms with E-state index in [9.17, 15) is 5.41 Å². The van der Waals surface area contributed by atoms with Crippen LogP contribution in [0.25, 0.3) is 65.7 Å². The van der Waals surface area contributed by atoms with Crippen molar-refractivity contribution in [1.29, 1.82) is 5.41 Å². The molecule has 0 aliphatic heterocycles. The third kappa shape index (κ3) is 5.87. The number of nitrogens with one attached hydrogen (secondary N) is 1. The Morgan fingerprint density at radius 1 is 0.491 bits per heavy atom. The molecule has 0 atom stereocenters. The van der Waals surface area contributed by atoms with Crippen LogP contribution in [0, 0.1) is 5.41 Å². The maximum absolute atomic E-state index is 9.41. The van der Waals surface area contributed by atoms with Crippen LogP contribution < -0.4 is 0 Å². The number of aliphatic imine (C=N–C) groups is 2. The SMILES string of the molecule is CC1(C)c2ccccc2-c2c(-c3ccccc3C(N=Cc3c4ccccc4cc4c3ccc3ccccc34)=NC(=N)c3ccc(-c4ccccc4)cc3)cccc21. The summed E-state index contributed by atoms with van der Waals surface area (Å²) in [6.45, 7) is 4.62. The van der Waals surface area contributed by atoms with Gasteiger partial charge in [-0.1, -0.05) is 196 Å². The molecule has 270 valence electrons. The van der Waals surface area contributed by atoms with Crippen LogP contribution in [-0.2, 0) is 5.41 Å². The largest absolute Gasteiger partial charge is 0.282 e. The average molecular weight is 730 g/mol. The van der Waals surface area contributed by atoms with Crippen LogP contribution in [-0.4, -0.2) is 17.9 Å². The second-order valence-corrected chi connectivity index (χ2v) is 15.3. The van der Waals surface area contributed by atoms with Gasteiger partial charge in [-0.3, -0.25) is 5.41 Å². The van der Waals surface area contributed by atoms with Gasteiger partial charge in [0.2, 0.25) is 0 Å². The Kier molecular flexibility index (Phi) is 8.30. The Morgan fingerprint density at radius 2 is 1.12 bits per heavy atom. The molecule has 9 aromatic rings. The fourth-order valence-corrected chi connectivity index (χ4v) is 8.79. The summed E-state index contributed by atoms with van der Waals surface area (Å²) in [7, 11) is 0. The number of rotatable bonds is 5. The predicted octanol–water partition coefficient (Wildman–Crippen LogP) is 13.7. The first-order valence-electron chi connectivity index (χ1n) is 19.5. The van der Waals surface area contributed by atoms with E-state index in [-0.39, 0.29) is 11.3 Å². The number of amidine groups is 2. The van der Waals surface area contributed by atoms with E-state index in [2.05, 4.69) is 166 Å². The Morgan fingerprint density at radius 3 is 1.95 bits per heavy atom. The van der Waals surface area contributed by atoms with Crippen molar-refractivity contribution in [2.45, 2.75) is 19.3 Å². The first-order valence-corrected chi connectivity index (χ1v) is 19.5. The third-order valence-corrected chi connectivity index (χ3v) is 11.7. The van der Waals surface area contributed by atoms with E-state index >= 15 is 0 Å². The monoisotopic (exact) mass is 729 g/mol. The molecule has 9 aromatic carbocycles. The van der Waals surface area contributed by atoms with Crippen LogP contribution >= 0.6 is 0 Å². The smallest absolute Gasteiger partial charge is 0.162 e. The highest BCUT2D eigenvalue weighted by Crippen LogP contribution is 2.52. The van der Waals surface area contributed by atoms with Gasteiger partial charge in [-0.2, -0.15) is 0 Å². The molecule has 1 aliphatic rings. The summed E-state index contributed by atoms with van der Waals surface area (Å²) in [5, 5.41) is 16.4. The van der Waals surface area contributed by atoms with Gasteiger partial charge in [0, 0.05) is 28.3 Å². The summed E-state index contributed by atoms with van der Waals surface area (Å²) in [6, 6.07) is 65.9. The van der Waals surface area contributed by atoms with Gasteiger partial charge in [0.25, 0.3) is 0 Å². The summed E-state index contributed by atoms with van der Waals surface area (Å²) >= 11 is 0. The molecule has 0 spiro atoms. The van der Waals surface area contributed by atoms with Crippen LogP contribution in [0.1, 0.15) is 41.7 Å². The quantitative estimate of drug-likeness (QED) is 0.0794. The standard InChI is InChI=1S/C54H39N3/c1-54(2)49-25-13-12-23-46(49)51-44(24-14-26-50(51)54)42-21-10-11-22-45(42)53(57-52(55)38-29-27-36(28-30-38)35-15-4-3-5-16-35)56-34-48-41-20-9-7-18-39(41)33-47-40-19-8-6-17-37(40)31-32-43(47)48/h3-34,55H,1-2H3. The fourth-order valence-electron chi connectivity index (χ4n) is 8.79. The maximum atomic E-state index is 9.41. The molecule has 0 fully saturated rings. The average Bonchev–Trinajstić information content (AvgIpc) is 3.51. The molecule has 0 radical (unpaired) electrons. The number of hydrogen-bond donors (Lipinski definition) is 1. The van der Waals surface area contributed by atoms with Crippen LogP contribution in [0.3, 0.4) is 0 Å². The Labute approximate surface area is 332 Å². The molecular weight excluding hydrogens is 691 g/mol. The summed E-state index contributed by atoms with van der Waals surface area (Å²) < 4.78 is 0. The molecule has 0 aromatic heterocycles. The zero-order valence-corrected chi connectivity index (χ0v) is 31.9. The van der Waals surface area contributed by atoms with Crippen LogP contribution in [0.4, 0.5) is 0 Å². The molecule has 0 saturated heterocycles. The first-order chi connectivity index (χ1) is 28.0. The summed E-state index contributed by atoms with van der Waals surface area (Å²) in [6.07, 6.45) is 1.97. The highest BCUT2D eigenvalue weighted by atomic mass is 14.9. The number of fused-ring (bicyclic) bond motifs is 7. The number of hydrogen-bond acceptors (Lipinski definition) is 1. The predicted molar refractivity (Wildman–Crippen MR) is 241 cm³/mol. The lowest BCUT2D eigenvalue weighted by molar-refractivity contribution is 0.660. The first kappa shape index (κ1) is 34.3. The van der Waals surface area contributed by atoms with Crippen molar-refractivity contribution in [3.63, 3.8) is 0 Å². The fraction of sp³-hybridized carbons (Fsp3) is 0.0556. The van der Waals surface area contributed by atoms with E-state index in [4.69, 9.17) is 9.98 Å². The molecule has 3 nitrogen and oxygen atoms in total. The Hall–Kier alpha value is -7.23. The zero-order chi connectivity index (χ0) is 38.5. The molecule has 57 heavy (non-hydrogen) atoms. The van der Waals surface area contributed by atoms with Crippen LogP contribution in [0.5, 0.6) is 0 Å². The molecule has 0 amide bonds. The molecule has 0 bridgehead atoms. The van der Waals surface area contributed by atoms with Crippen molar-refractivity contribution in [3.05, 3.63) is 216 Å². The summed E-state index contributed by atoms with van der Waals surface area (Å²) in [5.41, 5.74) is 12.0. The van der Waals surface area contributed by atoms with Crippen molar-refractivity contribution in [3.8, 4) is 33.4 Å². The second-order valence-electron chi connectivity index (χ2n) is 15.3. The zero-order valence-electron chi connectivity index (χ0n) is 31.9. The lowest BCUT2D eigenvalue weighted by Crippen LogP contribution is -2.14. The van der Waals surface area contributed by atoms with E-state index < -0.39 is 0 Å². The van der Waals surface area contributed by atoms with Gasteiger partial charge < -0.3 is 0 Å². The Balaban J connectivity index is 1.17. The summed E-state index contributed by atoms with van der Waals surface area (Å²) in [5.74, 6) is 0.628. The van der Waals surface area contributed by atoms with E-state index in [1.165, 1.54) is 38.4 Å². The van der Waals surface area contributed by atoms with Gasteiger partial charge >= 0.3 is 0 Å². The third-order valence-electron chi connectivity index (χ3n) is 11.7. The number of nitrogens with zero attached hydrogens (tertiary/aromatic N) is 2. The van der Waals surface area contributed by atoms with Crippen molar-refractivity contribution < 1.29 is 0 Å². The molecule has 0 unspecified atom stereocenters. The minimum Gasteiger partial charge on any atom is -0.282 e. The highest BCUT2D eigenvalue weighted by molar-refractivity contribution is 6.23. The van der Waals surface area contributed by atoms with E-state index in [0.717, 1.165) is 55.1 Å². The minimum atomic E-state index is -0.139. The van der Waals surface area contributed by atoms with Crippen molar-refractivity contribution in [1.82, 2.24) is 0 Å². The Bertz CT molecular complexity index is 3100. The molecule has 10 rings (SSSR count). The van der Waals surface area contributed by atoms with Gasteiger partial charge in [0.05, 0.1) is 0 Å². The molecular formula is C54H39N3. The lowest BCUT2D eigenvalue weighted by Gasteiger charge is -2.21. The molecule has 3 heteroatoms. The van der Waals surface area contributed by atoms with Gasteiger partial charge in [0.1, 0.15) is 0 Å². The highest BCUT2D eigenvalue weighted by Gasteiger charge is 2.36. The normalized spacial score (nSPS) is 13.3.